The zero-order chi connectivity index (χ0) is 15.0. The Bertz CT molecular complexity index is 477. The summed E-state index contributed by atoms with van der Waals surface area (Å²) in [5.74, 6) is 0.182. The van der Waals surface area contributed by atoms with E-state index in [1.807, 2.05) is 0 Å². The highest BCUT2D eigenvalue weighted by molar-refractivity contribution is 5.93. The van der Waals surface area contributed by atoms with E-state index in [-0.39, 0.29) is 11.7 Å². The van der Waals surface area contributed by atoms with Gasteiger partial charge in [0, 0.05) is 5.57 Å². The van der Waals surface area contributed by atoms with Crippen molar-refractivity contribution in [2.75, 3.05) is 13.7 Å². The molecule has 4 nitrogen and oxygen atoms in total. The van der Waals surface area contributed by atoms with Crippen LogP contribution in [0.4, 0.5) is 0 Å². The van der Waals surface area contributed by atoms with Crippen molar-refractivity contribution < 1.29 is 19.4 Å². The molecule has 1 aromatic rings. The first-order valence-electron chi connectivity index (χ1n) is 6.87. The topological polar surface area (TPSA) is 55.8 Å². The Labute approximate surface area is 120 Å². The van der Waals surface area contributed by atoms with Gasteiger partial charge in [-0.05, 0) is 43.5 Å². The Hall–Kier alpha value is -1.97. The maximum absolute atomic E-state index is 11.9. The Morgan fingerprint density at radius 2 is 2.10 bits per heavy atom. The molecule has 0 unspecified atom stereocenters. The van der Waals surface area contributed by atoms with E-state index in [9.17, 15) is 9.90 Å². The molecule has 0 amide bonds. The van der Waals surface area contributed by atoms with Crippen molar-refractivity contribution >= 4 is 12.0 Å². The number of carbonyl (C=O) groups is 1. The van der Waals surface area contributed by atoms with Gasteiger partial charge in [0.15, 0.2) is 11.5 Å². The third-order valence-electron chi connectivity index (χ3n) is 2.88. The quantitative estimate of drug-likeness (QED) is 0.612. The normalized spacial score (nSPS) is 11.2. The molecule has 1 N–H and O–H groups in total. The van der Waals surface area contributed by atoms with E-state index in [0.717, 1.165) is 18.4 Å². The van der Waals surface area contributed by atoms with Crippen molar-refractivity contribution in [1.29, 1.82) is 0 Å². The van der Waals surface area contributed by atoms with Gasteiger partial charge in [0.1, 0.15) is 0 Å². The molecule has 0 atom stereocenters. The number of phenols is 1. The number of benzene rings is 1. The molecule has 110 valence electrons. The summed E-state index contributed by atoms with van der Waals surface area (Å²) in [5, 5.41) is 9.57. The van der Waals surface area contributed by atoms with Crippen LogP contribution < -0.4 is 4.74 Å². The van der Waals surface area contributed by atoms with Gasteiger partial charge >= 0.3 is 5.97 Å². The third-order valence-corrected chi connectivity index (χ3v) is 2.88. The smallest absolute Gasteiger partial charge is 0.334 e. The van der Waals surface area contributed by atoms with Crippen molar-refractivity contribution in [2.24, 2.45) is 0 Å². The number of hydrogen-bond acceptors (Lipinski definition) is 4. The molecule has 0 aromatic heterocycles. The third kappa shape index (κ3) is 4.61. The summed E-state index contributed by atoms with van der Waals surface area (Å²) in [5.41, 5.74) is 1.44. The van der Waals surface area contributed by atoms with Gasteiger partial charge in [-0.2, -0.15) is 0 Å². The average molecular weight is 278 g/mol. The number of carbonyl (C=O) groups excluding carboxylic acids is 1. The number of unbranched alkanes of at least 4 members (excludes halogenated alkanes) is 1. The molecular formula is C16H22O4. The summed E-state index contributed by atoms with van der Waals surface area (Å²) in [6.45, 7) is 4.23. The zero-order valence-corrected chi connectivity index (χ0v) is 12.3. The zero-order valence-electron chi connectivity index (χ0n) is 12.3. The molecule has 0 fully saturated rings. The fraction of sp³-hybridized carbons (Fsp3) is 0.438. The van der Waals surface area contributed by atoms with E-state index in [1.165, 1.54) is 7.11 Å². The average Bonchev–Trinajstić information content (AvgIpc) is 2.45. The molecule has 0 spiro atoms. The van der Waals surface area contributed by atoms with Crippen molar-refractivity contribution in [1.82, 2.24) is 0 Å². The van der Waals surface area contributed by atoms with Gasteiger partial charge < -0.3 is 14.6 Å². The van der Waals surface area contributed by atoms with Crippen LogP contribution in [-0.2, 0) is 9.53 Å². The Kier molecular flexibility index (Phi) is 6.64. The van der Waals surface area contributed by atoms with E-state index in [0.29, 0.717) is 24.4 Å². The number of phenolic OH excluding ortho intramolecular Hbond substituents is 1. The van der Waals surface area contributed by atoms with Crippen LogP contribution in [0.2, 0.25) is 0 Å². The second-order valence-electron chi connectivity index (χ2n) is 4.42. The summed E-state index contributed by atoms with van der Waals surface area (Å²) in [6, 6.07) is 4.98. The predicted molar refractivity (Wildman–Crippen MR) is 78.8 cm³/mol. The first-order chi connectivity index (χ1) is 9.62. The van der Waals surface area contributed by atoms with E-state index in [4.69, 9.17) is 9.47 Å². The number of methoxy groups -OCH3 is 1. The predicted octanol–water partition coefficient (Wildman–Crippen LogP) is 3.54. The lowest BCUT2D eigenvalue weighted by Gasteiger charge is -2.08. The highest BCUT2D eigenvalue weighted by Crippen LogP contribution is 2.27. The Morgan fingerprint density at radius 1 is 1.35 bits per heavy atom. The molecule has 0 saturated carbocycles. The van der Waals surface area contributed by atoms with Crippen molar-refractivity contribution in [3.8, 4) is 11.5 Å². The van der Waals surface area contributed by atoms with E-state index in [2.05, 4.69) is 6.92 Å². The first-order valence-corrected chi connectivity index (χ1v) is 6.87. The molecule has 0 bridgehead atoms. The van der Waals surface area contributed by atoms with E-state index in [1.54, 1.807) is 31.2 Å². The molecule has 0 aliphatic heterocycles. The number of aromatic hydroxyl groups is 1. The molecular weight excluding hydrogens is 256 g/mol. The van der Waals surface area contributed by atoms with Gasteiger partial charge in [-0.1, -0.05) is 19.4 Å². The van der Waals surface area contributed by atoms with Crippen LogP contribution in [0.1, 0.15) is 38.7 Å². The van der Waals surface area contributed by atoms with Crippen LogP contribution in [0.15, 0.2) is 23.8 Å². The number of rotatable bonds is 7. The van der Waals surface area contributed by atoms with Gasteiger partial charge in [0.25, 0.3) is 0 Å². The first kappa shape index (κ1) is 16.1. The maximum Gasteiger partial charge on any atom is 0.334 e. The van der Waals surface area contributed by atoms with Crippen LogP contribution in [0.3, 0.4) is 0 Å². The van der Waals surface area contributed by atoms with Crippen LogP contribution in [0.5, 0.6) is 11.5 Å². The van der Waals surface area contributed by atoms with Crippen LogP contribution >= 0.6 is 0 Å². The van der Waals surface area contributed by atoms with E-state index < -0.39 is 0 Å². The maximum atomic E-state index is 11.9. The van der Waals surface area contributed by atoms with Crippen LogP contribution in [-0.4, -0.2) is 24.8 Å². The van der Waals surface area contributed by atoms with Crippen molar-refractivity contribution in [3.05, 3.63) is 29.3 Å². The molecule has 20 heavy (non-hydrogen) atoms. The SMILES string of the molecule is CCCC/C(=C\c1ccc(O)c(OC)c1)C(=O)OCC. The van der Waals surface area contributed by atoms with Crippen LogP contribution in [0, 0.1) is 0 Å². The lowest BCUT2D eigenvalue weighted by molar-refractivity contribution is -0.138. The summed E-state index contributed by atoms with van der Waals surface area (Å²) in [7, 11) is 1.49. The fourth-order valence-electron chi connectivity index (χ4n) is 1.81. The largest absolute Gasteiger partial charge is 0.504 e. The summed E-state index contributed by atoms with van der Waals surface area (Å²) < 4.78 is 10.1. The molecule has 1 aromatic carbocycles. The summed E-state index contributed by atoms with van der Waals surface area (Å²) in [6.07, 6.45) is 4.41. The van der Waals surface area contributed by atoms with Crippen LogP contribution in [0.25, 0.3) is 6.08 Å². The highest BCUT2D eigenvalue weighted by atomic mass is 16.5. The summed E-state index contributed by atoms with van der Waals surface area (Å²) >= 11 is 0. The molecule has 0 radical (unpaired) electrons. The molecule has 0 aliphatic carbocycles. The standard InChI is InChI=1S/C16H22O4/c1-4-6-7-13(16(18)20-5-2)10-12-8-9-14(17)15(11-12)19-3/h8-11,17H,4-7H2,1-3H3/b13-10+. The lowest BCUT2D eigenvalue weighted by atomic mass is 10.0. The minimum absolute atomic E-state index is 0.0795. The minimum atomic E-state index is -0.284. The van der Waals surface area contributed by atoms with Crippen molar-refractivity contribution in [3.63, 3.8) is 0 Å². The summed E-state index contributed by atoms with van der Waals surface area (Å²) in [4.78, 5) is 11.9. The number of ether oxygens (including phenoxy) is 2. The number of esters is 1. The molecule has 0 aliphatic rings. The Balaban J connectivity index is 3.01. The molecule has 0 heterocycles. The molecule has 4 heteroatoms. The Morgan fingerprint density at radius 3 is 2.70 bits per heavy atom. The van der Waals surface area contributed by atoms with Gasteiger partial charge in [-0.3, -0.25) is 0 Å². The second-order valence-corrected chi connectivity index (χ2v) is 4.42. The fourth-order valence-corrected chi connectivity index (χ4v) is 1.81. The lowest BCUT2D eigenvalue weighted by Crippen LogP contribution is -2.07. The number of hydrogen-bond donors (Lipinski definition) is 1. The monoisotopic (exact) mass is 278 g/mol. The van der Waals surface area contributed by atoms with Gasteiger partial charge in [-0.15, -0.1) is 0 Å². The van der Waals surface area contributed by atoms with Crippen molar-refractivity contribution in [2.45, 2.75) is 33.1 Å². The molecule has 1 rings (SSSR count). The second kappa shape index (κ2) is 8.25. The van der Waals surface area contributed by atoms with E-state index >= 15 is 0 Å². The minimum Gasteiger partial charge on any atom is -0.504 e. The van der Waals surface area contributed by atoms with Gasteiger partial charge in [-0.25, -0.2) is 4.79 Å². The highest BCUT2D eigenvalue weighted by Gasteiger charge is 2.11. The van der Waals surface area contributed by atoms with Gasteiger partial charge in [0.05, 0.1) is 13.7 Å². The van der Waals surface area contributed by atoms with Gasteiger partial charge in [0.2, 0.25) is 0 Å². The molecule has 0 saturated heterocycles.